The minimum Gasteiger partial charge on any atom is -0.383 e. The zero-order chi connectivity index (χ0) is 12.6. The van der Waals surface area contributed by atoms with E-state index in [9.17, 15) is 0 Å². The zero-order valence-corrected chi connectivity index (χ0v) is 11.7. The molecule has 0 unspecified atom stereocenters. The van der Waals surface area contributed by atoms with Crippen molar-refractivity contribution in [1.82, 2.24) is 0 Å². The summed E-state index contributed by atoms with van der Waals surface area (Å²) in [5.74, 6) is 0. The van der Waals surface area contributed by atoms with Crippen LogP contribution in [0.3, 0.4) is 0 Å². The van der Waals surface area contributed by atoms with Crippen LogP contribution in [-0.2, 0) is 14.0 Å². The van der Waals surface area contributed by atoms with E-state index in [-0.39, 0.29) is 18.3 Å². The first-order valence-electron chi connectivity index (χ1n) is 6.49. The number of rotatable bonds is 9. The second-order valence-electron chi connectivity index (χ2n) is 4.35. The first kappa shape index (κ1) is 15.9. The molecule has 0 N–H and O–H groups in total. The van der Waals surface area contributed by atoms with Gasteiger partial charge in [-0.25, -0.2) is 0 Å². The summed E-state index contributed by atoms with van der Waals surface area (Å²) in [6.45, 7) is 12.4. The van der Waals surface area contributed by atoms with Gasteiger partial charge >= 0.3 is 7.32 Å². The minimum atomic E-state index is -0.528. The number of hydrogen-bond donors (Lipinski definition) is 0. The van der Waals surface area contributed by atoms with Gasteiger partial charge in [0, 0.05) is 18.3 Å². The van der Waals surface area contributed by atoms with Crippen LogP contribution >= 0.6 is 0 Å². The fourth-order valence-electron chi connectivity index (χ4n) is 0.954. The van der Waals surface area contributed by atoms with E-state index in [0.29, 0.717) is 0 Å². The van der Waals surface area contributed by atoms with Crippen molar-refractivity contribution in [2.24, 2.45) is 0 Å². The summed E-state index contributed by atoms with van der Waals surface area (Å²) in [5, 5.41) is 0. The third-order valence-corrected chi connectivity index (χ3v) is 2.76. The highest BCUT2D eigenvalue weighted by atomic mass is 16.7. The lowest BCUT2D eigenvalue weighted by molar-refractivity contribution is 0.0181. The van der Waals surface area contributed by atoms with Crippen LogP contribution in [0, 0.1) is 0 Å². The molecule has 0 radical (unpaired) electrons. The Morgan fingerprint density at radius 1 is 0.688 bits per heavy atom. The Morgan fingerprint density at radius 2 is 0.938 bits per heavy atom. The van der Waals surface area contributed by atoms with Crippen molar-refractivity contribution in [2.45, 2.75) is 79.1 Å². The summed E-state index contributed by atoms with van der Waals surface area (Å²) in [4.78, 5) is 0. The molecule has 3 nitrogen and oxygen atoms in total. The van der Waals surface area contributed by atoms with Gasteiger partial charge in [0.2, 0.25) is 0 Å². The van der Waals surface area contributed by atoms with Gasteiger partial charge in [-0.15, -0.1) is 0 Å². The van der Waals surface area contributed by atoms with Crippen molar-refractivity contribution in [3.05, 3.63) is 0 Å². The second kappa shape index (κ2) is 9.02. The molecule has 96 valence electrons. The fourth-order valence-corrected chi connectivity index (χ4v) is 0.954. The van der Waals surface area contributed by atoms with E-state index < -0.39 is 7.32 Å². The molecule has 0 saturated carbocycles. The maximum absolute atomic E-state index is 5.70. The number of hydrogen-bond acceptors (Lipinski definition) is 3. The fraction of sp³-hybridized carbons (Fsp3) is 1.00. The van der Waals surface area contributed by atoms with Gasteiger partial charge in [-0.05, 0) is 40.0 Å². The van der Waals surface area contributed by atoms with Gasteiger partial charge < -0.3 is 14.0 Å². The molecule has 0 spiro atoms. The summed E-state index contributed by atoms with van der Waals surface area (Å²) in [7, 11) is -0.528. The molecule has 0 aromatic rings. The Kier molecular flexibility index (Phi) is 8.99. The van der Waals surface area contributed by atoms with Crippen molar-refractivity contribution < 1.29 is 14.0 Å². The Bertz CT molecular complexity index is 138. The predicted molar refractivity (Wildman–Crippen MR) is 68.3 cm³/mol. The van der Waals surface area contributed by atoms with Crippen molar-refractivity contribution in [1.29, 1.82) is 0 Å². The molecule has 4 heteroatoms. The first-order valence-corrected chi connectivity index (χ1v) is 6.49. The Balaban J connectivity index is 4.15. The van der Waals surface area contributed by atoms with Gasteiger partial charge in [-0.3, -0.25) is 0 Å². The van der Waals surface area contributed by atoms with Crippen LogP contribution in [0.2, 0.25) is 0 Å². The maximum Gasteiger partial charge on any atom is 0.639 e. The highest BCUT2D eigenvalue weighted by molar-refractivity contribution is 6.36. The van der Waals surface area contributed by atoms with Crippen molar-refractivity contribution in [2.75, 3.05) is 0 Å². The molecule has 0 saturated heterocycles. The van der Waals surface area contributed by atoms with Crippen LogP contribution < -0.4 is 0 Å². The molecule has 0 aliphatic heterocycles. The van der Waals surface area contributed by atoms with E-state index in [1.165, 1.54) is 0 Å². The molecule has 0 heterocycles. The third-order valence-electron chi connectivity index (χ3n) is 2.76. The lowest BCUT2D eigenvalue weighted by atomic mass is 10.1. The van der Waals surface area contributed by atoms with Crippen molar-refractivity contribution in [3.63, 3.8) is 0 Å². The van der Waals surface area contributed by atoms with E-state index in [1.807, 2.05) is 20.8 Å². The van der Waals surface area contributed by atoms with Crippen LogP contribution in [0.1, 0.15) is 60.8 Å². The van der Waals surface area contributed by atoms with Crippen LogP contribution in [0.5, 0.6) is 0 Å². The molecule has 0 aliphatic carbocycles. The predicted octanol–water partition coefficient (Wildman–Crippen LogP) is 3.42. The van der Waals surface area contributed by atoms with Gasteiger partial charge in [0.05, 0.1) is 0 Å². The average molecular weight is 230 g/mol. The summed E-state index contributed by atoms with van der Waals surface area (Å²) >= 11 is 0. The molecule has 0 bridgehead atoms. The third kappa shape index (κ3) is 7.26. The monoisotopic (exact) mass is 230 g/mol. The largest absolute Gasteiger partial charge is 0.639 e. The molecule has 0 aliphatic rings. The van der Waals surface area contributed by atoms with Gasteiger partial charge in [0.25, 0.3) is 0 Å². The molecule has 3 atom stereocenters. The zero-order valence-electron chi connectivity index (χ0n) is 11.7. The standard InChI is InChI=1S/C12H27BO3/c1-7-10(4)14-13(15-11(5)8-2)16-12(6)9-3/h10-12H,7-9H2,1-6H3/t10-,11-,12-/m0/s1. The normalized spacial score (nSPS) is 16.9. The van der Waals surface area contributed by atoms with Crippen LogP contribution in [0.15, 0.2) is 0 Å². The van der Waals surface area contributed by atoms with E-state index in [1.54, 1.807) is 0 Å². The SMILES string of the molecule is CC[C@H](C)OB(O[C@@H](C)CC)O[C@@H](C)CC. The van der Waals surface area contributed by atoms with Gasteiger partial charge in [-0.1, -0.05) is 20.8 Å². The molecule has 0 amide bonds. The smallest absolute Gasteiger partial charge is 0.383 e. The quantitative estimate of drug-likeness (QED) is 0.568. The highest BCUT2D eigenvalue weighted by Gasteiger charge is 2.27. The summed E-state index contributed by atoms with van der Waals surface area (Å²) < 4.78 is 17.1. The molecule has 0 fully saturated rings. The second-order valence-corrected chi connectivity index (χ2v) is 4.35. The molecular formula is C12H27BO3. The van der Waals surface area contributed by atoms with E-state index in [4.69, 9.17) is 14.0 Å². The Labute approximate surface area is 101 Å². The molecule has 16 heavy (non-hydrogen) atoms. The van der Waals surface area contributed by atoms with Gasteiger partial charge in [0.1, 0.15) is 0 Å². The van der Waals surface area contributed by atoms with Gasteiger partial charge in [0.15, 0.2) is 0 Å². The lowest BCUT2D eigenvalue weighted by Crippen LogP contribution is -2.36. The first-order chi connectivity index (χ1) is 7.53. The Hall–Kier alpha value is -0.0551. The summed E-state index contributed by atoms with van der Waals surface area (Å²) in [5.41, 5.74) is 0. The minimum absolute atomic E-state index is 0.165. The highest BCUT2D eigenvalue weighted by Crippen LogP contribution is 2.09. The topological polar surface area (TPSA) is 27.7 Å². The van der Waals surface area contributed by atoms with E-state index >= 15 is 0 Å². The molecule has 0 aromatic carbocycles. The maximum atomic E-state index is 5.70. The molecule has 0 rings (SSSR count). The molecule has 0 aromatic heterocycles. The van der Waals surface area contributed by atoms with Crippen LogP contribution in [0.25, 0.3) is 0 Å². The van der Waals surface area contributed by atoms with Crippen molar-refractivity contribution in [3.8, 4) is 0 Å². The Morgan fingerprint density at radius 3 is 1.12 bits per heavy atom. The summed E-state index contributed by atoms with van der Waals surface area (Å²) in [6, 6.07) is 0. The lowest BCUT2D eigenvalue weighted by Gasteiger charge is -2.23. The van der Waals surface area contributed by atoms with Crippen LogP contribution in [-0.4, -0.2) is 25.6 Å². The van der Waals surface area contributed by atoms with E-state index in [0.717, 1.165) is 19.3 Å². The van der Waals surface area contributed by atoms with Crippen molar-refractivity contribution >= 4 is 7.32 Å². The van der Waals surface area contributed by atoms with E-state index in [2.05, 4.69) is 20.8 Å². The summed E-state index contributed by atoms with van der Waals surface area (Å²) in [6.07, 6.45) is 3.38. The molecular weight excluding hydrogens is 203 g/mol. The van der Waals surface area contributed by atoms with Crippen LogP contribution in [0.4, 0.5) is 0 Å². The van der Waals surface area contributed by atoms with Gasteiger partial charge in [-0.2, -0.15) is 0 Å². The average Bonchev–Trinajstić information content (AvgIpc) is 2.28.